The van der Waals surface area contributed by atoms with E-state index in [1.807, 2.05) is 0 Å². The van der Waals surface area contributed by atoms with Crippen LogP contribution in [-0.2, 0) is 11.2 Å². The molecular formula is C8H5BrFIO2. The predicted octanol–water partition coefficient (Wildman–Crippen LogP) is 2.82. The van der Waals surface area contributed by atoms with E-state index in [1.54, 1.807) is 28.7 Å². The van der Waals surface area contributed by atoms with Crippen LogP contribution in [0.5, 0.6) is 0 Å². The lowest BCUT2D eigenvalue weighted by atomic mass is 10.1. The quantitative estimate of drug-likeness (QED) is 0.652. The number of benzene rings is 1. The maximum Gasteiger partial charge on any atom is 0.307 e. The second kappa shape index (κ2) is 4.36. The molecule has 0 radical (unpaired) electrons. The van der Waals surface area contributed by atoms with Crippen molar-refractivity contribution < 1.29 is 14.3 Å². The number of hydrogen-bond acceptors (Lipinski definition) is 1. The Morgan fingerprint density at radius 1 is 1.62 bits per heavy atom. The first-order valence-corrected chi connectivity index (χ1v) is 5.23. The van der Waals surface area contributed by atoms with E-state index in [9.17, 15) is 9.18 Å². The van der Waals surface area contributed by atoms with Gasteiger partial charge >= 0.3 is 5.97 Å². The van der Waals surface area contributed by atoms with E-state index in [4.69, 9.17) is 5.11 Å². The first kappa shape index (κ1) is 10.9. The number of hydrogen-bond donors (Lipinski definition) is 1. The van der Waals surface area contributed by atoms with Crippen molar-refractivity contribution in [2.45, 2.75) is 6.42 Å². The van der Waals surface area contributed by atoms with Crippen molar-refractivity contribution in [3.8, 4) is 0 Å². The van der Waals surface area contributed by atoms with Gasteiger partial charge in [0, 0.05) is 0 Å². The van der Waals surface area contributed by atoms with Gasteiger partial charge in [-0.1, -0.05) is 6.07 Å². The Labute approximate surface area is 96.4 Å². The van der Waals surface area contributed by atoms with E-state index in [0.29, 0.717) is 13.6 Å². The molecule has 0 heterocycles. The Balaban J connectivity index is 3.10. The fraction of sp³-hybridized carbons (Fsp3) is 0.125. The van der Waals surface area contributed by atoms with E-state index >= 15 is 0 Å². The third-order valence-corrected chi connectivity index (χ3v) is 3.24. The highest BCUT2D eigenvalue weighted by Crippen LogP contribution is 2.24. The maximum atomic E-state index is 13.2. The first-order chi connectivity index (χ1) is 6.02. The summed E-state index contributed by atoms with van der Waals surface area (Å²) in [4.78, 5) is 10.4. The molecule has 13 heavy (non-hydrogen) atoms. The van der Waals surface area contributed by atoms with Gasteiger partial charge in [-0.05, 0) is 50.2 Å². The molecule has 1 aromatic carbocycles. The molecule has 0 aliphatic rings. The zero-order valence-electron chi connectivity index (χ0n) is 6.35. The van der Waals surface area contributed by atoms with E-state index in [-0.39, 0.29) is 6.42 Å². The van der Waals surface area contributed by atoms with E-state index in [0.717, 1.165) is 0 Å². The van der Waals surface area contributed by atoms with Crippen molar-refractivity contribution in [2.24, 2.45) is 0 Å². The van der Waals surface area contributed by atoms with E-state index < -0.39 is 11.8 Å². The normalized spacial score (nSPS) is 10.1. The Hall–Kier alpha value is -0.170. The van der Waals surface area contributed by atoms with Crippen LogP contribution in [0, 0.1) is 9.39 Å². The fourth-order valence-electron chi connectivity index (χ4n) is 0.865. The van der Waals surface area contributed by atoms with Gasteiger partial charge in [-0.15, -0.1) is 0 Å². The van der Waals surface area contributed by atoms with Crippen LogP contribution in [0.2, 0.25) is 0 Å². The number of halogens is 3. The largest absolute Gasteiger partial charge is 0.481 e. The molecule has 0 aliphatic heterocycles. The van der Waals surface area contributed by atoms with Crippen molar-refractivity contribution >= 4 is 44.5 Å². The molecule has 0 aliphatic carbocycles. The predicted molar refractivity (Wildman–Crippen MR) is 58.2 cm³/mol. The molecule has 2 nitrogen and oxygen atoms in total. The molecule has 1 rings (SSSR count). The Kier molecular flexibility index (Phi) is 3.66. The highest BCUT2D eigenvalue weighted by molar-refractivity contribution is 14.1. The van der Waals surface area contributed by atoms with Gasteiger partial charge in [0.25, 0.3) is 0 Å². The zero-order valence-corrected chi connectivity index (χ0v) is 10.1. The molecule has 0 fully saturated rings. The zero-order chi connectivity index (χ0) is 10.0. The number of carbonyl (C=O) groups is 1. The number of carboxylic acids is 1. The SMILES string of the molecule is O=C(O)Cc1ccc(Br)c(F)c1I. The smallest absolute Gasteiger partial charge is 0.307 e. The standard InChI is InChI=1S/C8H5BrFIO2/c9-5-2-1-4(3-6(12)13)8(11)7(5)10/h1-2H,3H2,(H,12,13). The lowest BCUT2D eigenvalue weighted by Gasteiger charge is -2.03. The molecule has 0 atom stereocenters. The second-order valence-electron chi connectivity index (χ2n) is 2.40. The molecule has 0 amide bonds. The highest BCUT2D eigenvalue weighted by atomic mass is 127. The van der Waals surface area contributed by atoms with Crippen LogP contribution in [0.4, 0.5) is 4.39 Å². The van der Waals surface area contributed by atoms with Crippen molar-refractivity contribution in [3.63, 3.8) is 0 Å². The number of carboxylic acid groups (broad SMARTS) is 1. The Morgan fingerprint density at radius 2 is 2.23 bits per heavy atom. The lowest BCUT2D eigenvalue weighted by molar-refractivity contribution is -0.136. The summed E-state index contributed by atoms with van der Waals surface area (Å²) in [6, 6.07) is 3.11. The molecule has 1 aromatic rings. The van der Waals surface area contributed by atoms with Gasteiger partial charge in [0.05, 0.1) is 14.5 Å². The van der Waals surface area contributed by atoms with Gasteiger partial charge in [-0.25, -0.2) is 4.39 Å². The van der Waals surface area contributed by atoms with Crippen LogP contribution in [0.3, 0.4) is 0 Å². The molecule has 0 saturated carbocycles. The minimum absolute atomic E-state index is 0.150. The minimum atomic E-state index is -0.959. The van der Waals surface area contributed by atoms with Crippen molar-refractivity contribution in [1.82, 2.24) is 0 Å². The summed E-state index contributed by atoms with van der Waals surface area (Å²) in [7, 11) is 0. The summed E-state index contributed by atoms with van der Waals surface area (Å²) < 4.78 is 13.9. The van der Waals surface area contributed by atoms with E-state index in [1.165, 1.54) is 6.07 Å². The van der Waals surface area contributed by atoms with Gasteiger partial charge in [0.15, 0.2) is 5.82 Å². The molecule has 70 valence electrons. The maximum absolute atomic E-state index is 13.2. The van der Waals surface area contributed by atoms with Crippen LogP contribution in [-0.4, -0.2) is 11.1 Å². The molecule has 0 unspecified atom stereocenters. The number of rotatable bonds is 2. The van der Waals surface area contributed by atoms with Crippen LogP contribution < -0.4 is 0 Å². The summed E-state index contributed by atoms with van der Waals surface area (Å²) >= 11 is 4.81. The molecular weight excluding hydrogens is 354 g/mol. The molecule has 0 bridgehead atoms. The lowest BCUT2D eigenvalue weighted by Crippen LogP contribution is -2.03. The highest BCUT2D eigenvalue weighted by Gasteiger charge is 2.11. The minimum Gasteiger partial charge on any atom is -0.481 e. The summed E-state index contributed by atoms with van der Waals surface area (Å²) in [6.07, 6.45) is -0.150. The van der Waals surface area contributed by atoms with Gasteiger partial charge in [0.2, 0.25) is 0 Å². The fourth-order valence-corrected chi connectivity index (χ4v) is 2.23. The summed E-state index contributed by atoms with van der Waals surface area (Å²) in [5.41, 5.74) is 0.494. The van der Waals surface area contributed by atoms with Gasteiger partial charge in [-0.3, -0.25) is 4.79 Å². The molecule has 1 N–H and O–H groups in total. The first-order valence-electron chi connectivity index (χ1n) is 3.36. The molecule has 0 aromatic heterocycles. The second-order valence-corrected chi connectivity index (χ2v) is 4.34. The molecule has 0 spiro atoms. The Morgan fingerprint density at radius 3 is 2.77 bits per heavy atom. The van der Waals surface area contributed by atoms with Crippen molar-refractivity contribution in [3.05, 3.63) is 31.6 Å². The average molecular weight is 359 g/mol. The molecule has 5 heteroatoms. The monoisotopic (exact) mass is 358 g/mol. The van der Waals surface area contributed by atoms with Gasteiger partial charge in [0.1, 0.15) is 0 Å². The van der Waals surface area contributed by atoms with Crippen LogP contribution in [0.25, 0.3) is 0 Å². The van der Waals surface area contributed by atoms with Crippen LogP contribution >= 0.6 is 38.5 Å². The van der Waals surface area contributed by atoms with Crippen LogP contribution in [0.15, 0.2) is 16.6 Å². The van der Waals surface area contributed by atoms with E-state index in [2.05, 4.69) is 15.9 Å². The Bertz CT molecular complexity index is 354. The number of aliphatic carboxylic acids is 1. The average Bonchev–Trinajstić information content (AvgIpc) is 2.06. The van der Waals surface area contributed by atoms with Crippen molar-refractivity contribution in [2.75, 3.05) is 0 Å². The third-order valence-electron chi connectivity index (χ3n) is 1.46. The van der Waals surface area contributed by atoms with Gasteiger partial charge in [-0.2, -0.15) is 0 Å². The topological polar surface area (TPSA) is 37.3 Å². The third kappa shape index (κ3) is 2.63. The summed E-state index contributed by atoms with van der Waals surface area (Å²) in [5, 5.41) is 8.51. The van der Waals surface area contributed by atoms with Gasteiger partial charge < -0.3 is 5.11 Å². The van der Waals surface area contributed by atoms with Crippen LogP contribution in [0.1, 0.15) is 5.56 Å². The van der Waals surface area contributed by atoms with Crippen molar-refractivity contribution in [1.29, 1.82) is 0 Å². The summed E-state index contributed by atoms with van der Waals surface area (Å²) in [5.74, 6) is -1.36. The molecule has 0 saturated heterocycles. The summed E-state index contributed by atoms with van der Waals surface area (Å²) in [6.45, 7) is 0.